The van der Waals surface area contributed by atoms with Gasteiger partial charge in [0, 0.05) is 19.1 Å². The number of rotatable bonds is 3. The first kappa shape index (κ1) is 14.2. The molecule has 0 amide bonds. The number of nitrogens with two attached hydrogens (primary N) is 1. The number of halogens is 1. The van der Waals surface area contributed by atoms with Gasteiger partial charge < -0.3 is 15.7 Å². The first-order valence-corrected chi connectivity index (χ1v) is 6.12. The van der Waals surface area contributed by atoms with Gasteiger partial charge in [0.2, 0.25) is 0 Å². The van der Waals surface area contributed by atoms with Crippen LogP contribution in [0.2, 0.25) is 0 Å². The SMILES string of the molecule is NC1CCCN(c2cc(C(=O)O)c(F)cc2[N+](=O)[O-])C1. The molecule has 1 aromatic carbocycles. The van der Waals surface area contributed by atoms with E-state index in [0.29, 0.717) is 19.2 Å². The summed E-state index contributed by atoms with van der Waals surface area (Å²) >= 11 is 0. The molecule has 7 nitrogen and oxygen atoms in total. The first-order valence-electron chi connectivity index (χ1n) is 6.12. The summed E-state index contributed by atoms with van der Waals surface area (Å²) in [6, 6.07) is 1.52. The molecule has 3 N–H and O–H groups in total. The van der Waals surface area contributed by atoms with E-state index >= 15 is 0 Å². The fourth-order valence-electron chi connectivity index (χ4n) is 2.34. The van der Waals surface area contributed by atoms with Crippen LogP contribution in [0.3, 0.4) is 0 Å². The molecule has 0 aromatic heterocycles. The highest BCUT2D eigenvalue weighted by atomic mass is 19.1. The second-order valence-electron chi connectivity index (χ2n) is 4.73. The Balaban J connectivity index is 2.50. The van der Waals surface area contributed by atoms with Crippen LogP contribution in [0.15, 0.2) is 12.1 Å². The average molecular weight is 283 g/mol. The lowest BCUT2D eigenvalue weighted by atomic mass is 10.0. The van der Waals surface area contributed by atoms with Crippen molar-refractivity contribution in [2.45, 2.75) is 18.9 Å². The third-order valence-corrected chi connectivity index (χ3v) is 3.29. The van der Waals surface area contributed by atoms with E-state index in [1.165, 1.54) is 0 Å². The van der Waals surface area contributed by atoms with Gasteiger partial charge in [-0.05, 0) is 18.9 Å². The molecule has 1 aliphatic heterocycles. The zero-order valence-corrected chi connectivity index (χ0v) is 10.6. The molecular formula is C12H14FN3O4. The molecule has 1 unspecified atom stereocenters. The lowest BCUT2D eigenvalue weighted by Gasteiger charge is -2.32. The van der Waals surface area contributed by atoms with Gasteiger partial charge in [-0.1, -0.05) is 0 Å². The van der Waals surface area contributed by atoms with Crippen LogP contribution in [0, 0.1) is 15.9 Å². The lowest BCUT2D eigenvalue weighted by Crippen LogP contribution is -2.43. The number of aromatic carboxylic acids is 1. The molecule has 1 saturated heterocycles. The third-order valence-electron chi connectivity index (χ3n) is 3.29. The summed E-state index contributed by atoms with van der Waals surface area (Å²) in [4.78, 5) is 22.9. The highest BCUT2D eigenvalue weighted by Gasteiger charge is 2.27. The molecular weight excluding hydrogens is 269 g/mol. The summed E-state index contributed by atoms with van der Waals surface area (Å²) in [5.41, 5.74) is 4.89. The van der Waals surface area contributed by atoms with Crippen molar-refractivity contribution in [3.05, 3.63) is 33.6 Å². The molecule has 0 saturated carbocycles. The van der Waals surface area contributed by atoms with E-state index < -0.39 is 28.0 Å². The van der Waals surface area contributed by atoms with Gasteiger partial charge in [-0.15, -0.1) is 0 Å². The van der Waals surface area contributed by atoms with Crippen LogP contribution in [0.4, 0.5) is 15.8 Å². The minimum atomic E-state index is -1.46. The molecule has 1 aromatic rings. The number of nitrogens with zero attached hydrogens (tertiary/aromatic N) is 2. The third kappa shape index (κ3) is 2.69. The lowest BCUT2D eigenvalue weighted by molar-refractivity contribution is -0.384. The van der Waals surface area contributed by atoms with Gasteiger partial charge in [-0.3, -0.25) is 10.1 Å². The van der Waals surface area contributed by atoms with Crippen molar-refractivity contribution in [3.63, 3.8) is 0 Å². The van der Waals surface area contributed by atoms with E-state index in [1.807, 2.05) is 0 Å². The van der Waals surface area contributed by atoms with Crippen molar-refractivity contribution in [2.24, 2.45) is 5.73 Å². The van der Waals surface area contributed by atoms with E-state index in [0.717, 1.165) is 18.9 Å². The number of nitro groups is 1. The molecule has 2 rings (SSSR count). The van der Waals surface area contributed by atoms with Crippen LogP contribution in [0.5, 0.6) is 0 Å². The summed E-state index contributed by atoms with van der Waals surface area (Å²) in [6.45, 7) is 0.908. The second kappa shape index (κ2) is 5.41. The van der Waals surface area contributed by atoms with Crippen molar-refractivity contribution in [3.8, 4) is 0 Å². The summed E-state index contributed by atoms with van der Waals surface area (Å²) in [7, 11) is 0. The number of carboxylic acid groups (broad SMARTS) is 1. The number of nitro benzene ring substituents is 1. The Labute approximate surface area is 113 Å². The van der Waals surface area contributed by atoms with Crippen LogP contribution in [0.1, 0.15) is 23.2 Å². The van der Waals surface area contributed by atoms with Gasteiger partial charge in [0.1, 0.15) is 11.5 Å². The Morgan fingerprint density at radius 2 is 2.25 bits per heavy atom. The molecule has 1 aliphatic rings. The van der Waals surface area contributed by atoms with E-state index in [2.05, 4.69) is 0 Å². The van der Waals surface area contributed by atoms with E-state index in [9.17, 15) is 19.3 Å². The zero-order valence-electron chi connectivity index (χ0n) is 10.6. The highest BCUT2D eigenvalue weighted by Crippen LogP contribution is 2.32. The fourth-order valence-corrected chi connectivity index (χ4v) is 2.34. The molecule has 0 spiro atoms. The maximum absolute atomic E-state index is 13.6. The highest BCUT2D eigenvalue weighted by molar-refractivity contribution is 5.90. The summed E-state index contributed by atoms with van der Waals surface area (Å²) < 4.78 is 13.6. The fraction of sp³-hybridized carbons (Fsp3) is 0.417. The summed E-state index contributed by atoms with van der Waals surface area (Å²) in [5.74, 6) is -2.57. The first-order chi connectivity index (χ1) is 9.40. The molecule has 1 atom stereocenters. The Kier molecular flexibility index (Phi) is 3.84. The molecule has 1 fully saturated rings. The van der Waals surface area contributed by atoms with Crippen molar-refractivity contribution in [1.29, 1.82) is 0 Å². The maximum atomic E-state index is 13.6. The van der Waals surface area contributed by atoms with Crippen molar-refractivity contribution >= 4 is 17.3 Å². The van der Waals surface area contributed by atoms with Gasteiger partial charge in [0.05, 0.1) is 16.6 Å². The molecule has 20 heavy (non-hydrogen) atoms. The number of hydrogen-bond donors (Lipinski definition) is 2. The van der Waals surface area contributed by atoms with Gasteiger partial charge >= 0.3 is 5.97 Å². The minimum Gasteiger partial charge on any atom is -0.478 e. The smallest absolute Gasteiger partial charge is 0.338 e. The topological polar surface area (TPSA) is 110 Å². The van der Waals surface area contributed by atoms with Crippen LogP contribution in [0.25, 0.3) is 0 Å². The van der Waals surface area contributed by atoms with Gasteiger partial charge in [0.15, 0.2) is 0 Å². The molecule has 0 bridgehead atoms. The average Bonchev–Trinajstić information content (AvgIpc) is 2.37. The predicted molar refractivity (Wildman–Crippen MR) is 69.4 cm³/mol. The summed E-state index contributed by atoms with van der Waals surface area (Å²) in [6.07, 6.45) is 1.55. The van der Waals surface area contributed by atoms with Crippen LogP contribution in [-0.4, -0.2) is 35.1 Å². The standard InChI is InChI=1S/C12H14FN3O4/c13-9-5-11(16(19)20)10(4-8(9)12(17)18)15-3-1-2-7(14)6-15/h4-5,7H,1-3,6,14H2,(H,17,18). The maximum Gasteiger partial charge on any atom is 0.338 e. The van der Waals surface area contributed by atoms with E-state index in [1.54, 1.807) is 4.90 Å². The van der Waals surface area contributed by atoms with Crippen LogP contribution < -0.4 is 10.6 Å². The number of piperidine rings is 1. The normalized spacial score (nSPS) is 18.9. The molecule has 8 heteroatoms. The number of carbonyl (C=O) groups is 1. The Hall–Kier alpha value is -2.22. The van der Waals surface area contributed by atoms with Crippen molar-refractivity contribution < 1.29 is 19.2 Å². The molecule has 1 heterocycles. The van der Waals surface area contributed by atoms with Crippen LogP contribution in [-0.2, 0) is 0 Å². The number of benzene rings is 1. The van der Waals surface area contributed by atoms with E-state index in [-0.39, 0.29) is 11.7 Å². The van der Waals surface area contributed by atoms with E-state index in [4.69, 9.17) is 10.8 Å². The quantitative estimate of drug-likeness (QED) is 0.640. The monoisotopic (exact) mass is 283 g/mol. The Morgan fingerprint density at radius 3 is 2.80 bits per heavy atom. The Bertz CT molecular complexity index is 564. The van der Waals surface area contributed by atoms with Crippen molar-refractivity contribution in [2.75, 3.05) is 18.0 Å². The minimum absolute atomic E-state index is 0.101. The number of hydrogen-bond acceptors (Lipinski definition) is 5. The predicted octanol–water partition coefficient (Wildman–Crippen LogP) is 1.36. The molecule has 0 radical (unpaired) electrons. The zero-order chi connectivity index (χ0) is 14.9. The second-order valence-corrected chi connectivity index (χ2v) is 4.73. The number of anilines is 1. The van der Waals surface area contributed by atoms with Crippen molar-refractivity contribution in [1.82, 2.24) is 0 Å². The molecule has 0 aliphatic carbocycles. The summed E-state index contributed by atoms with van der Waals surface area (Å²) in [5, 5.41) is 19.9. The molecule has 108 valence electrons. The number of carboxylic acids is 1. The Morgan fingerprint density at radius 1 is 1.55 bits per heavy atom. The largest absolute Gasteiger partial charge is 0.478 e. The van der Waals surface area contributed by atoms with Crippen LogP contribution >= 0.6 is 0 Å². The van der Waals surface area contributed by atoms with Gasteiger partial charge in [-0.2, -0.15) is 0 Å². The van der Waals surface area contributed by atoms with Gasteiger partial charge in [0.25, 0.3) is 5.69 Å². The van der Waals surface area contributed by atoms with Gasteiger partial charge in [-0.25, -0.2) is 9.18 Å².